The number of nitrogens with zero attached hydrogens (tertiary/aromatic N) is 2. The zero-order valence-electron chi connectivity index (χ0n) is 19.2. The second-order valence-corrected chi connectivity index (χ2v) is 9.08. The number of aromatic nitrogens is 2. The molecule has 1 aliphatic heterocycles. The first-order valence-corrected chi connectivity index (χ1v) is 12.0. The van der Waals surface area contributed by atoms with Crippen molar-refractivity contribution in [1.29, 1.82) is 0 Å². The van der Waals surface area contributed by atoms with Gasteiger partial charge in [0.15, 0.2) is 0 Å². The first-order chi connectivity index (χ1) is 17.9. The molecule has 186 valence electrons. The molecule has 10 heteroatoms. The average molecular weight is 536 g/mol. The molecule has 0 saturated carbocycles. The Bertz CT molecular complexity index is 1480. The van der Waals surface area contributed by atoms with Gasteiger partial charge in [-0.1, -0.05) is 35.3 Å². The predicted molar refractivity (Wildman–Crippen MR) is 139 cm³/mol. The van der Waals surface area contributed by atoms with E-state index in [-0.39, 0.29) is 16.9 Å². The van der Waals surface area contributed by atoms with Gasteiger partial charge in [-0.2, -0.15) is 0 Å². The number of carboxylic acid groups (broad SMARTS) is 1. The van der Waals surface area contributed by atoms with Gasteiger partial charge >= 0.3 is 5.97 Å². The first kappa shape index (κ1) is 24.5. The highest BCUT2D eigenvalue weighted by molar-refractivity contribution is 6.32. The quantitative estimate of drug-likeness (QED) is 0.292. The number of fused-ring (bicyclic) bond motifs is 1. The molecule has 1 amide bonds. The van der Waals surface area contributed by atoms with E-state index in [0.717, 1.165) is 11.1 Å². The molecule has 8 nitrogen and oxygen atoms in total. The molecule has 1 unspecified atom stereocenters. The van der Waals surface area contributed by atoms with Crippen molar-refractivity contribution in [3.63, 3.8) is 0 Å². The van der Waals surface area contributed by atoms with Gasteiger partial charge in [-0.15, -0.1) is 0 Å². The number of nitrogens with one attached hydrogen (secondary N) is 1. The van der Waals surface area contributed by atoms with Crippen LogP contribution in [0.1, 0.15) is 28.3 Å². The number of anilines is 1. The molecule has 0 saturated heterocycles. The summed E-state index contributed by atoms with van der Waals surface area (Å²) in [5.74, 6) is -0.646. The topological polar surface area (TPSA) is 111 Å². The zero-order valence-corrected chi connectivity index (χ0v) is 20.7. The van der Waals surface area contributed by atoms with Crippen LogP contribution in [0.5, 0.6) is 17.2 Å². The summed E-state index contributed by atoms with van der Waals surface area (Å²) in [6, 6.07) is 16.9. The molecule has 0 fully saturated rings. The number of carbonyl (C=O) groups is 2. The Morgan fingerprint density at radius 1 is 1.00 bits per heavy atom. The van der Waals surface area contributed by atoms with Gasteiger partial charge < -0.3 is 14.6 Å². The van der Waals surface area contributed by atoms with Crippen molar-refractivity contribution in [2.45, 2.75) is 12.3 Å². The summed E-state index contributed by atoms with van der Waals surface area (Å²) < 4.78 is 11.5. The molecule has 3 aromatic carbocycles. The Morgan fingerprint density at radius 3 is 2.46 bits per heavy atom. The minimum absolute atomic E-state index is 0.164. The number of halogens is 2. The van der Waals surface area contributed by atoms with Crippen LogP contribution in [0.25, 0.3) is 11.1 Å². The number of amides is 1. The van der Waals surface area contributed by atoms with Crippen molar-refractivity contribution < 1.29 is 24.2 Å². The maximum atomic E-state index is 12.6. The molecule has 0 spiro atoms. The monoisotopic (exact) mass is 535 g/mol. The lowest BCUT2D eigenvalue weighted by Gasteiger charge is -2.24. The molecule has 0 aliphatic carbocycles. The Kier molecular flexibility index (Phi) is 6.94. The standard InChI is InChI=1S/C27H19Cl2N3O5/c28-18-3-1-2-16(10-18)17-13-30-27(31-14-17)32-25(33)15-4-6-19(7-5-15)37-24-12-23-21(11-22(24)29)20(26(34)35)8-9-36-23/h1-7,10-14,20H,8-9H2,(H,34,35)(H,30,31,32,33). The molecule has 0 bridgehead atoms. The molecule has 5 rings (SSSR count). The van der Waals surface area contributed by atoms with Crippen LogP contribution in [0.4, 0.5) is 5.95 Å². The molecule has 2 N–H and O–H groups in total. The third kappa shape index (κ3) is 5.50. The predicted octanol–water partition coefficient (Wildman–Crippen LogP) is 6.45. The highest BCUT2D eigenvalue weighted by atomic mass is 35.5. The van der Waals surface area contributed by atoms with Crippen LogP contribution < -0.4 is 14.8 Å². The number of rotatable bonds is 6. The van der Waals surface area contributed by atoms with E-state index in [2.05, 4.69) is 15.3 Å². The summed E-state index contributed by atoms with van der Waals surface area (Å²) in [6.45, 7) is 0.294. The number of carbonyl (C=O) groups excluding carboxylic acids is 1. The molecule has 1 aliphatic rings. The molecule has 1 atom stereocenters. The fourth-order valence-electron chi connectivity index (χ4n) is 3.91. The van der Waals surface area contributed by atoms with E-state index in [1.165, 1.54) is 0 Å². The molecule has 4 aromatic rings. The summed E-state index contributed by atoms with van der Waals surface area (Å²) in [5, 5.41) is 13.0. The summed E-state index contributed by atoms with van der Waals surface area (Å²) in [7, 11) is 0. The lowest BCUT2D eigenvalue weighted by atomic mass is 9.93. The van der Waals surface area contributed by atoms with E-state index < -0.39 is 11.9 Å². The summed E-state index contributed by atoms with van der Waals surface area (Å²) in [5.41, 5.74) is 2.53. The molecule has 37 heavy (non-hydrogen) atoms. The van der Waals surface area contributed by atoms with Gasteiger partial charge in [0.1, 0.15) is 17.2 Å². The van der Waals surface area contributed by atoms with Crippen LogP contribution in [0.3, 0.4) is 0 Å². The normalized spacial score (nSPS) is 14.3. The summed E-state index contributed by atoms with van der Waals surface area (Å²) >= 11 is 12.4. The lowest BCUT2D eigenvalue weighted by molar-refractivity contribution is -0.139. The van der Waals surface area contributed by atoms with Crippen molar-refractivity contribution in [2.75, 3.05) is 11.9 Å². The Morgan fingerprint density at radius 2 is 1.76 bits per heavy atom. The number of hydrogen-bond donors (Lipinski definition) is 2. The second kappa shape index (κ2) is 10.5. The number of hydrogen-bond acceptors (Lipinski definition) is 6. The van der Waals surface area contributed by atoms with Gasteiger partial charge in [0.2, 0.25) is 5.95 Å². The fraction of sp³-hybridized carbons (Fsp3) is 0.111. The van der Waals surface area contributed by atoms with Crippen molar-refractivity contribution in [1.82, 2.24) is 9.97 Å². The number of carboxylic acids is 1. The van der Waals surface area contributed by atoms with Crippen molar-refractivity contribution in [3.05, 3.63) is 94.2 Å². The maximum absolute atomic E-state index is 12.6. The minimum Gasteiger partial charge on any atom is -0.493 e. The highest BCUT2D eigenvalue weighted by Crippen LogP contribution is 2.41. The Balaban J connectivity index is 1.25. The van der Waals surface area contributed by atoms with Crippen LogP contribution in [-0.2, 0) is 4.79 Å². The third-order valence-electron chi connectivity index (χ3n) is 5.78. The number of aliphatic carboxylic acids is 1. The summed E-state index contributed by atoms with van der Waals surface area (Å²) in [6.07, 6.45) is 3.59. The van der Waals surface area contributed by atoms with Gasteiger partial charge in [0.25, 0.3) is 5.91 Å². The first-order valence-electron chi connectivity index (χ1n) is 11.2. The molecule has 1 aromatic heterocycles. The van der Waals surface area contributed by atoms with E-state index >= 15 is 0 Å². The largest absolute Gasteiger partial charge is 0.493 e. The molecule has 2 heterocycles. The van der Waals surface area contributed by atoms with Crippen LogP contribution in [0, 0.1) is 0 Å². The lowest BCUT2D eigenvalue weighted by Crippen LogP contribution is -2.20. The van der Waals surface area contributed by atoms with Crippen molar-refractivity contribution >= 4 is 41.0 Å². The SMILES string of the molecule is O=C(Nc1ncc(-c2cccc(Cl)c2)cn1)c1ccc(Oc2cc3c(cc2Cl)C(C(=O)O)CCO3)cc1. The van der Waals surface area contributed by atoms with Crippen molar-refractivity contribution in [3.8, 4) is 28.4 Å². The third-order valence-corrected chi connectivity index (χ3v) is 6.31. The van der Waals surface area contributed by atoms with Gasteiger partial charge in [0.05, 0.1) is 17.5 Å². The van der Waals surface area contributed by atoms with Crippen LogP contribution >= 0.6 is 23.2 Å². The van der Waals surface area contributed by atoms with E-state index in [9.17, 15) is 14.7 Å². The van der Waals surface area contributed by atoms with E-state index in [1.807, 2.05) is 12.1 Å². The smallest absolute Gasteiger partial charge is 0.311 e. The van der Waals surface area contributed by atoms with E-state index in [0.29, 0.717) is 46.4 Å². The fourth-order valence-corrected chi connectivity index (χ4v) is 4.31. The summed E-state index contributed by atoms with van der Waals surface area (Å²) in [4.78, 5) is 32.6. The minimum atomic E-state index is -0.925. The number of benzene rings is 3. The Hall–Kier alpha value is -4.14. The molecule has 0 radical (unpaired) electrons. The van der Waals surface area contributed by atoms with E-state index in [4.69, 9.17) is 32.7 Å². The van der Waals surface area contributed by atoms with Crippen LogP contribution in [0.2, 0.25) is 10.0 Å². The van der Waals surface area contributed by atoms with Gasteiger partial charge in [-0.3, -0.25) is 14.9 Å². The zero-order chi connectivity index (χ0) is 25.9. The van der Waals surface area contributed by atoms with Crippen molar-refractivity contribution in [2.24, 2.45) is 0 Å². The van der Waals surface area contributed by atoms with Gasteiger partial charge in [-0.05, 0) is 54.4 Å². The van der Waals surface area contributed by atoms with Crippen LogP contribution in [0.15, 0.2) is 73.1 Å². The second-order valence-electron chi connectivity index (χ2n) is 8.23. The van der Waals surface area contributed by atoms with Gasteiger partial charge in [-0.25, -0.2) is 9.97 Å². The average Bonchev–Trinajstić information content (AvgIpc) is 2.89. The highest BCUT2D eigenvalue weighted by Gasteiger charge is 2.29. The Labute approximate surface area is 221 Å². The molecular formula is C27H19Cl2N3O5. The van der Waals surface area contributed by atoms with Crippen LogP contribution in [-0.4, -0.2) is 33.6 Å². The molecular weight excluding hydrogens is 517 g/mol. The van der Waals surface area contributed by atoms with Gasteiger partial charge in [0, 0.05) is 40.2 Å². The number of ether oxygens (including phenoxy) is 2. The van der Waals surface area contributed by atoms with E-state index in [1.54, 1.807) is 60.9 Å². The maximum Gasteiger partial charge on any atom is 0.311 e.